The average molecular weight is 372 g/mol. The molecule has 0 heterocycles. The summed E-state index contributed by atoms with van der Waals surface area (Å²) in [6.45, 7) is 2.62. The van der Waals surface area contributed by atoms with Gasteiger partial charge in [-0.3, -0.25) is 0 Å². The molecule has 0 aliphatic heterocycles. The summed E-state index contributed by atoms with van der Waals surface area (Å²) in [5.41, 5.74) is 2.20. The van der Waals surface area contributed by atoms with Crippen molar-refractivity contribution in [3.63, 3.8) is 0 Å². The molecule has 0 fully saturated rings. The molecule has 2 aromatic carbocycles. The van der Waals surface area contributed by atoms with Crippen molar-refractivity contribution in [3.05, 3.63) is 58.1 Å². The van der Waals surface area contributed by atoms with Gasteiger partial charge in [0.15, 0.2) is 0 Å². The largest absolute Gasteiger partial charge is 0.493 e. The van der Waals surface area contributed by atoms with E-state index in [4.69, 9.17) is 16.3 Å². The van der Waals surface area contributed by atoms with Crippen molar-refractivity contribution in [2.75, 3.05) is 12.9 Å². The first-order valence-corrected chi connectivity index (χ1v) is 8.82. The second kappa shape index (κ2) is 7.39. The first-order valence-electron chi connectivity index (χ1n) is 6.36. The van der Waals surface area contributed by atoms with E-state index in [2.05, 4.69) is 34.3 Å². The zero-order valence-corrected chi connectivity index (χ0v) is 14.6. The van der Waals surface area contributed by atoms with Crippen molar-refractivity contribution in [3.8, 4) is 5.75 Å². The van der Waals surface area contributed by atoms with E-state index in [1.54, 1.807) is 11.8 Å². The summed E-state index contributed by atoms with van der Waals surface area (Å²) in [6, 6.07) is 14.2. The fraction of sp³-hybridized carbons (Fsp3) is 0.250. The van der Waals surface area contributed by atoms with Crippen LogP contribution in [0.15, 0.2) is 51.8 Å². The molecule has 0 bridgehead atoms. The number of benzene rings is 2. The molecule has 0 aliphatic rings. The van der Waals surface area contributed by atoms with Gasteiger partial charge in [-0.15, -0.1) is 23.4 Å². The van der Waals surface area contributed by atoms with Crippen LogP contribution in [0.3, 0.4) is 0 Å². The molecular weight excluding hydrogens is 356 g/mol. The van der Waals surface area contributed by atoms with Crippen molar-refractivity contribution in [2.24, 2.45) is 0 Å². The number of halogens is 2. The highest BCUT2D eigenvalue weighted by atomic mass is 79.9. The van der Waals surface area contributed by atoms with Crippen LogP contribution in [0.2, 0.25) is 0 Å². The van der Waals surface area contributed by atoms with Gasteiger partial charge in [-0.2, -0.15) is 0 Å². The maximum absolute atomic E-state index is 6.64. The molecule has 2 rings (SSSR count). The predicted molar refractivity (Wildman–Crippen MR) is 91.2 cm³/mol. The molecule has 0 amide bonds. The third-order valence-electron chi connectivity index (χ3n) is 2.96. The highest BCUT2D eigenvalue weighted by Crippen LogP contribution is 2.37. The standard InChI is InChI=1S/C16H16BrClOS/c1-3-19-14-9-8-11(10-13(14)17)16(18)12-6-4-5-7-15(12)20-2/h4-10,16H,3H2,1-2H3. The van der Waals surface area contributed by atoms with Gasteiger partial charge in [-0.25, -0.2) is 0 Å². The average Bonchev–Trinajstić information content (AvgIpc) is 2.48. The maximum Gasteiger partial charge on any atom is 0.133 e. The summed E-state index contributed by atoms with van der Waals surface area (Å²) in [7, 11) is 0. The van der Waals surface area contributed by atoms with Crippen LogP contribution in [-0.2, 0) is 0 Å². The minimum atomic E-state index is -0.161. The quantitative estimate of drug-likeness (QED) is 0.478. The van der Waals surface area contributed by atoms with Crippen LogP contribution in [0.25, 0.3) is 0 Å². The van der Waals surface area contributed by atoms with Crippen molar-refractivity contribution in [2.45, 2.75) is 17.2 Å². The van der Waals surface area contributed by atoms with Gasteiger partial charge in [0, 0.05) is 4.90 Å². The molecule has 0 aliphatic carbocycles. The van der Waals surface area contributed by atoms with Crippen LogP contribution in [0.4, 0.5) is 0 Å². The van der Waals surface area contributed by atoms with Gasteiger partial charge in [0.25, 0.3) is 0 Å². The number of thioether (sulfide) groups is 1. The van der Waals surface area contributed by atoms with E-state index >= 15 is 0 Å². The monoisotopic (exact) mass is 370 g/mol. The lowest BCUT2D eigenvalue weighted by atomic mass is 10.0. The summed E-state index contributed by atoms with van der Waals surface area (Å²) in [6.07, 6.45) is 2.07. The smallest absolute Gasteiger partial charge is 0.133 e. The predicted octanol–water partition coefficient (Wildman–Crippen LogP) is 5.90. The molecule has 0 aromatic heterocycles. The zero-order valence-electron chi connectivity index (χ0n) is 11.4. The molecule has 0 saturated carbocycles. The lowest BCUT2D eigenvalue weighted by molar-refractivity contribution is 0.338. The molecule has 106 valence electrons. The fourth-order valence-electron chi connectivity index (χ4n) is 2.00. The fourth-order valence-corrected chi connectivity index (χ4v) is 3.54. The topological polar surface area (TPSA) is 9.23 Å². The molecule has 0 saturated heterocycles. The van der Waals surface area contributed by atoms with Gasteiger partial charge in [0.2, 0.25) is 0 Å². The number of hydrogen-bond acceptors (Lipinski definition) is 2. The Morgan fingerprint density at radius 3 is 2.65 bits per heavy atom. The summed E-state index contributed by atoms with van der Waals surface area (Å²) >= 11 is 11.9. The number of ether oxygens (including phenoxy) is 1. The van der Waals surface area contributed by atoms with E-state index in [0.29, 0.717) is 6.61 Å². The molecule has 1 atom stereocenters. The van der Waals surface area contributed by atoms with E-state index in [0.717, 1.165) is 21.3 Å². The molecular formula is C16H16BrClOS. The van der Waals surface area contributed by atoms with Crippen LogP contribution < -0.4 is 4.74 Å². The Bertz CT molecular complexity index is 588. The van der Waals surface area contributed by atoms with Crippen LogP contribution >= 0.6 is 39.3 Å². The second-order valence-electron chi connectivity index (χ2n) is 4.23. The number of alkyl halides is 1. The SMILES string of the molecule is CCOc1ccc(C(Cl)c2ccccc2SC)cc1Br. The van der Waals surface area contributed by atoms with Gasteiger partial charge in [0.1, 0.15) is 5.75 Å². The molecule has 1 nitrogen and oxygen atoms in total. The molecule has 2 aromatic rings. The molecule has 0 N–H and O–H groups in total. The summed E-state index contributed by atoms with van der Waals surface area (Å²) in [4.78, 5) is 1.21. The van der Waals surface area contributed by atoms with Crippen LogP contribution in [-0.4, -0.2) is 12.9 Å². The van der Waals surface area contributed by atoms with E-state index in [1.807, 2.05) is 37.3 Å². The number of hydrogen-bond donors (Lipinski definition) is 0. The summed E-state index contributed by atoms with van der Waals surface area (Å²) < 4.78 is 6.46. The van der Waals surface area contributed by atoms with Crippen molar-refractivity contribution in [1.29, 1.82) is 0 Å². The Morgan fingerprint density at radius 1 is 1.25 bits per heavy atom. The Morgan fingerprint density at radius 2 is 2.00 bits per heavy atom. The first kappa shape index (κ1) is 15.7. The Labute approximate surface area is 137 Å². The van der Waals surface area contributed by atoms with Crippen molar-refractivity contribution in [1.82, 2.24) is 0 Å². The van der Waals surface area contributed by atoms with Gasteiger partial charge in [-0.1, -0.05) is 24.3 Å². The van der Waals surface area contributed by atoms with Crippen LogP contribution in [0.1, 0.15) is 23.4 Å². The number of rotatable bonds is 5. The lowest BCUT2D eigenvalue weighted by Gasteiger charge is -2.15. The molecule has 1 unspecified atom stereocenters. The maximum atomic E-state index is 6.64. The van der Waals surface area contributed by atoms with Gasteiger partial charge >= 0.3 is 0 Å². The van der Waals surface area contributed by atoms with E-state index in [1.165, 1.54) is 4.90 Å². The van der Waals surface area contributed by atoms with Gasteiger partial charge in [-0.05, 0) is 58.4 Å². The highest BCUT2D eigenvalue weighted by molar-refractivity contribution is 9.10. The zero-order chi connectivity index (χ0) is 14.5. The van der Waals surface area contributed by atoms with E-state index < -0.39 is 0 Å². The van der Waals surface area contributed by atoms with Gasteiger partial charge in [0.05, 0.1) is 16.5 Å². The van der Waals surface area contributed by atoms with Crippen LogP contribution in [0, 0.1) is 0 Å². The Balaban J connectivity index is 2.33. The molecule has 0 radical (unpaired) electrons. The van der Waals surface area contributed by atoms with Crippen molar-refractivity contribution < 1.29 is 4.74 Å². The third-order valence-corrected chi connectivity index (χ3v) is 4.88. The minimum Gasteiger partial charge on any atom is -0.493 e. The van der Waals surface area contributed by atoms with Gasteiger partial charge < -0.3 is 4.74 Å². The lowest BCUT2D eigenvalue weighted by Crippen LogP contribution is -1.97. The normalized spacial score (nSPS) is 12.2. The van der Waals surface area contributed by atoms with E-state index in [9.17, 15) is 0 Å². The van der Waals surface area contributed by atoms with Crippen LogP contribution in [0.5, 0.6) is 5.75 Å². The van der Waals surface area contributed by atoms with E-state index in [-0.39, 0.29) is 5.38 Å². The molecule has 20 heavy (non-hydrogen) atoms. The minimum absolute atomic E-state index is 0.161. The Hall–Kier alpha value is -0.640. The third kappa shape index (κ3) is 3.51. The summed E-state index contributed by atoms with van der Waals surface area (Å²) in [5, 5.41) is -0.161. The highest BCUT2D eigenvalue weighted by Gasteiger charge is 2.15. The second-order valence-corrected chi connectivity index (χ2v) is 6.37. The molecule has 0 spiro atoms. The first-order chi connectivity index (χ1) is 9.67. The Kier molecular flexibility index (Phi) is 5.82. The summed E-state index contributed by atoms with van der Waals surface area (Å²) in [5.74, 6) is 0.846. The molecule has 4 heteroatoms. The van der Waals surface area contributed by atoms with Crippen molar-refractivity contribution >= 4 is 39.3 Å².